The Morgan fingerprint density at radius 2 is 1.41 bits per heavy atom. The number of amidine groups is 2. The molecule has 0 unspecified atom stereocenters. The van der Waals surface area contributed by atoms with Crippen molar-refractivity contribution in [2.45, 2.75) is 78.0 Å². The summed E-state index contributed by atoms with van der Waals surface area (Å²) in [5.41, 5.74) is 6.74. The molecule has 1 fully saturated rings. The molecule has 14 nitrogen and oxygen atoms in total. The van der Waals surface area contributed by atoms with Crippen LogP contribution in [0.25, 0.3) is 0 Å². The lowest BCUT2D eigenvalue weighted by Gasteiger charge is -2.30. The number of oxime groups is 1. The third-order valence-corrected chi connectivity index (χ3v) is 7.62. The molecular weight excluding hydrogens is 632 g/mol. The van der Waals surface area contributed by atoms with Crippen LogP contribution in [0.4, 0.5) is 4.79 Å². The fourth-order valence-corrected chi connectivity index (χ4v) is 5.21. The largest absolute Gasteiger partial charge is 0.457 e. The molecule has 0 spiro atoms. The van der Waals surface area contributed by atoms with Crippen molar-refractivity contribution in [1.29, 1.82) is 5.41 Å². The number of nitrogens with zero attached hydrogens (tertiary/aromatic N) is 2. The van der Waals surface area contributed by atoms with E-state index in [2.05, 4.69) is 15.8 Å². The lowest BCUT2D eigenvalue weighted by Crippen LogP contribution is -2.45. The Bertz CT molecular complexity index is 1730. The zero-order valence-electron chi connectivity index (χ0n) is 28.1. The molecule has 0 aliphatic heterocycles. The molecule has 1 aliphatic rings. The number of alkyl carbamates (subject to hydrolysis) is 1. The third-order valence-electron chi connectivity index (χ3n) is 7.62. The lowest BCUT2D eigenvalue weighted by atomic mass is 9.91. The Balaban J connectivity index is 1.52. The predicted molar refractivity (Wildman–Crippen MR) is 181 cm³/mol. The van der Waals surface area contributed by atoms with Gasteiger partial charge in [0, 0.05) is 41.8 Å². The average molecular weight is 675 g/mol. The second kappa shape index (κ2) is 15.5. The number of aryl methyl sites for hydroxylation is 1. The minimum absolute atomic E-state index is 0.0494. The number of amides is 3. The van der Waals surface area contributed by atoms with Crippen molar-refractivity contribution in [1.82, 2.24) is 15.7 Å². The van der Waals surface area contributed by atoms with Gasteiger partial charge in [-0.25, -0.2) is 4.79 Å². The van der Waals surface area contributed by atoms with Gasteiger partial charge in [0.15, 0.2) is 11.7 Å². The number of benzene rings is 3. The third kappa shape index (κ3) is 10.2. The number of carbonyl (C=O) groups excluding carboxylic acids is 3. The molecule has 0 saturated heterocycles. The van der Waals surface area contributed by atoms with E-state index in [9.17, 15) is 19.6 Å². The second-order valence-corrected chi connectivity index (χ2v) is 12.7. The van der Waals surface area contributed by atoms with Crippen LogP contribution in [0.3, 0.4) is 0 Å². The number of carbonyl (C=O) groups is 3. The van der Waals surface area contributed by atoms with Gasteiger partial charge < -0.3 is 35.8 Å². The Morgan fingerprint density at radius 3 is 1.94 bits per heavy atom. The summed E-state index contributed by atoms with van der Waals surface area (Å²) in [6.45, 7) is 8.28. The fourth-order valence-electron chi connectivity index (χ4n) is 5.21. The Morgan fingerprint density at radius 1 is 0.857 bits per heavy atom. The molecule has 49 heavy (non-hydrogen) atoms. The van der Waals surface area contributed by atoms with E-state index in [1.165, 1.54) is 0 Å². The van der Waals surface area contributed by atoms with Crippen molar-refractivity contribution in [2.24, 2.45) is 10.9 Å². The molecule has 1 aliphatic carbocycles. The Hall–Kier alpha value is -5.63. The van der Waals surface area contributed by atoms with Gasteiger partial charge in [0.2, 0.25) is 5.91 Å². The van der Waals surface area contributed by atoms with Crippen molar-refractivity contribution in [3.63, 3.8) is 0 Å². The van der Waals surface area contributed by atoms with Crippen LogP contribution in [-0.2, 0) is 9.53 Å². The molecular formula is C35H42N6O8. The van der Waals surface area contributed by atoms with E-state index in [0.29, 0.717) is 59.6 Å². The van der Waals surface area contributed by atoms with Crippen LogP contribution in [0.2, 0.25) is 0 Å². The summed E-state index contributed by atoms with van der Waals surface area (Å²) < 4.78 is 17.6. The predicted octanol–water partition coefficient (Wildman–Crippen LogP) is 5.80. The number of ether oxygens (including phenoxy) is 3. The zero-order chi connectivity index (χ0) is 35.9. The highest BCUT2D eigenvalue weighted by Crippen LogP contribution is 2.32. The molecule has 260 valence electrons. The molecule has 0 radical (unpaired) electrons. The monoisotopic (exact) mass is 674 g/mol. The van der Waals surface area contributed by atoms with Crippen LogP contribution in [-0.4, -0.2) is 62.7 Å². The van der Waals surface area contributed by atoms with Crippen LogP contribution in [0.15, 0.2) is 65.8 Å². The molecule has 14 heteroatoms. The maximum atomic E-state index is 13.5. The molecule has 3 aromatic rings. The number of hydroxylamine groups is 2. The fraction of sp³-hybridized carbons (Fsp3) is 0.343. The Kier molecular flexibility index (Phi) is 11.5. The van der Waals surface area contributed by atoms with Crippen LogP contribution >= 0.6 is 0 Å². The first-order valence-corrected chi connectivity index (χ1v) is 15.7. The summed E-state index contributed by atoms with van der Waals surface area (Å²) in [7, 11) is 0. The smallest absolute Gasteiger partial charge is 0.407 e. The van der Waals surface area contributed by atoms with Gasteiger partial charge in [0.25, 0.3) is 5.91 Å². The number of nitrogens with one attached hydrogen (secondary N) is 3. The van der Waals surface area contributed by atoms with Gasteiger partial charge in [0.05, 0.1) is 0 Å². The highest BCUT2D eigenvalue weighted by atomic mass is 16.6. The summed E-state index contributed by atoms with van der Waals surface area (Å²) in [6, 6.07) is 15.9. The number of rotatable bonds is 9. The second-order valence-electron chi connectivity index (χ2n) is 12.7. The van der Waals surface area contributed by atoms with Gasteiger partial charge in [-0.15, -0.1) is 0 Å². The van der Waals surface area contributed by atoms with Crippen molar-refractivity contribution in [3.05, 3.63) is 82.9 Å². The first-order valence-electron chi connectivity index (χ1n) is 15.7. The van der Waals surface area contributed by atoms with Gasteiger partial charge >= 0.3 is 6.09 Å². The normalized spacial score (nSPS) is 16.2. The molecule has 0 heterocycles. The first kappa shape index (κ1) is 36.2. The highest BCUT2D eigenvalue weighted by Gasteiger charge is 2.26. The summed E-state index contributed by atoms with van der Waals surface area (Å²) >= 11 is 0. The van der Waals surface area contributed by atoms with Crippen LogP contribution in [0, 0.1) is 12.3 Å². The number of hydrogen-bond donors (Lipinski definition) is 6. The highest BCUT2D eigenvalue weighted by molar-refractivity contribution is 6.05. The summed E-state index contributed by atoms with van der Waals surface area (Å²) in [5, 5.41) is 36.2. The summed E-state index contributed by atoms with van der Waals surface area (Å²) in [4.78, 5) is 37.3. The van der Waals surface area contributed by atoms with Crippen LogP contribution < -0.4 is 25.8 Å². The molecule has 1 saturated carbocycles. The van der Waals surface area contributed by atoms with Gasteiger partial charge in [-0.2, -0.15) is 5.06 Å². The van der Waals surface area contributed by atoms with Crippen molar-refractivity contribution < 1.29 is 39.0 Å². The molecule has 3 amide bonds. The Labute approximate surface area is 284 Å². The summed E-state index contributed by atoms with van der Waals surface area (Å²) in [6.07, 6.45) is 2.22. The maximum absolute atomic E-state index is 13.5. The van der Waals surface area contributed by atoms with E-state index in [1.54, 1.807) is 67.6 Å². The molecule has 7 N–H and O–H groups in total. The van der Waals surface area contributed by atoms with E-state index < -0.39 is 17.6 Å². The van der Waals surface area contributed by atoms with E-state index in [1.807, 2.05) is 20.8 Å². The van der Waals surface area contributed by atoms with Gasteiger partial charge in [-0.3, -0.25) is 20.2 Å². The SMILES string of the molecule is CC(=O)N(O)C(=N)c1ccc(Oc2cc(Oc3ccc(/C(N)=N/O)cc3)cc(C(=O)NC3CCC(NC(=O)OC(C)(C)C)CC3)c2)cc1C. The van der Waals surface area contributed by atoms with Gasteiger partial charge in [-0.05, 0) is 114 Å². The first-order chi connectivity index (χ1) is 23.1. The van der Waals surface area contributed by atoms with E-state index in [4.69, 9.17) is 30.6 Å². The maximum Gasteiger partial charge on any atom is 0.407 e. The average Bonchev–Trinajstić information content (AvgIpc) is 3.04. The number of hydrogen-bond acceptors (Lipinski definition) is 10. The quantitative estimate of drug-likeness (QED) is 0.0532. The molecule has 3 aromatic carbocycles. The van der Waals surface area contributed by atoms with Gasteiger partial charge in [0.1, 0.15) is 28.6 Å². The molecule has 4 rings (SSSR count). The van der Waals surface area contributed by atoms with Crippen molar-refractivity contribution in [3.8, 4) is 23.0 Å². The standard InChI is InChI=1S/C35H42N6O8/c1-20-16-27(14-15-30(20)32(37)41(46)21(2)42)48-29-18-23(17-28(19-29)47-26-12-6-22(7-13-26)31(36)40-45)33(43)38-24-8-10-25(11-9-24)39-34(44)49-35(3,4)5/h6-7,12-19,24-25,37,45-46H,8-11H2,1-5H3,(H2,36,40)(H,38,43)(H,39,44). The lowest BCUT2D eigenvalue weighted by molar-refractivity contribution is -0.146. The zero-order valence-corrected chi connectivity index (χ0v) is 28.1. The topological polar surface area (TPSA) is 209 Å². The van der Waals surface area contributed by atoms with Gasteiger partial charge in [-0.1, -0.05) is 5.16 Å². The van der Waals surface area contributed by atoms with Crippen molar-refractivity contribution in [2.75, 3.05) is 0 Å². The minimum atomic E-state index is -0.697. The van der Waals surface area contributed by atoms with E-state index in [-0.39, 0.29) is 46.0 Å². The molecule has 0 atom stereocenters. The summed E-state index contributed by atoms with van der Waals surface area (Å²) in [5.74, 6) is -0.0762. The van der Waals surface area contributed by atoms with E-state index in [0.717, 1.165) is 6.92 Å². The molecule has 0 aromatic heterocycles. The molecule has 0 bridgehead atoms. The minimum Gasteiger partial charge on any atom is -0.457 e. The van der Waals surface area contributed by atoms with Crippen molar-refractivity contribution >= 4 is 29.6 Å². The van der Waals surface area contributed by atoms with E-state index >= 15 is 0 Å². The van der Waals surface area contributed by atoms with Crippen LogP contribution in [0.5, 0.6) is 23.0 Å². The number of nitrogens with two attached hydrogens (primary N) is 1. The van der Waals surface area contributed by atoms with Crippen LogP contribution in [0.1, 0.15) is 80.4 Å².